The molecule has 0 bridgehead atoms. The minimum Gasteiger partial charge on any atom is -0.358 e. The largest absolute Gasteiger partial charge is 0.363 e. The number of nitro groups is 1. The molecule has 1 aromatic rings. The lowest BCUT2D eigenvalue weighted by atomic mass is 10.1. The van der Waals surface area contributed by atoms with E-state index >= 15 is 0 Å². The molecule has 17 heavy (non-hydrogen) atoms. The lowest BCUT2D eigenvalue weighted by molar-refractivity contribution is -0.389. The first-order chi connectivity index (χ1) is 8.01. The average molecular weight is 237 g/mol. The predicted molar refractivity (Wildman–Crippen MR) is 62.9 cm³/mol. The van der Waals surface area contributed by atoms with Crippen molar-refractivity contribution in [2.75, 3.05) is 13.1 Å². The van der Waals surface area contributed by atoms with Crippen LogP contribution < -0.4 is 0 Å². The third-order valence-corrected chi connectivity index (χ3v) is 2.56. The van der Waals surface area contributed by atoms with E-state index in [2.05, 4.69) is 4.98 Å². The zero-order valence-electron chi connectivity index (χ0n) is 10.1. The smallest absolute Gasteiger partial charge is 0.358 e. The summed E-state index contributed by atoms with van der Waals surface area (Å²) in [6, 6.07) is 1.32. The molecule has 0 spiro atoms. The van der Waals surface area contributed by atoms with E-state index in [0.29, 0.717) is 24.2 Å². The second-order valence-corrected chi connectivity index (χ2v) is 3.59. The number of aryl methyl sites for hydroxylation is 1. The van der Waals surface area contributed by atoms with E-state index in [0.717, 1.165) is 0 Å². The third kappa shape index (κ3) is 2.77. The van der Waals surface area contributed by atoms with Crippen molar-refractivity contribution < 1.29 is 9.72 Å². The van der Waals surface area contributed by atoms with Crippen LogP contribution in [0.3, 0.4) is 0 Å². The van der Waals surface area contributed by atoms with Crippen LogP contribution in [0, 0.1) is 17.0 Å². The van der Waals surface area contributed by atoms with Crippen molar-refractivity contribution in [1.82, 2.24) is 9.88 Å². The molecule has 0 N–H and O–H groups in total. The van der Waals surface area contributed by atoms with E-state index < -0.39 is 4.92 Å². The monoisotopic (exact) mass is 237 g/mol. The van der Waals surface area contributed by atoms with Gasteiger partial charge in [-0.15, -0.1) is 0 Å². The second-order valence-electron chi connectivity index (χ2n) is 3.59. The molecule has 0 aliphatic heterocycles. The highest BCUT2D eigenvalue weighted by atomic mass is 16.6. The number of carbonyl (C=O) groups excluding carboxylic acids is 1. The Balaban J connectivity index is 3.07. The second kappa shape index (κ2) is 5.38. The summed E-state index contributed by atoms with van der Waals surface area (Å²) in [5.41, 5.74) is 0.989. The van der Waals surface area contributed by atoms with Gasteiger partial charge in [0.25, 0.3) is 5.91 Å². The third-order valence-electron chi connectivity index (χ3n) is 2.56. The standard InChI is InChI=1S/C11H15N3O3/c1-4-13(5-2)11(15)9-7-12-10(14(16)17)6-8(9)3/h6-7H,4-5H2,1-3H3. The molecule has 6 nitrogen and oxygen atoms in total. The number of pyridine rings is 1. The fourth-order valence-corrected chi connectivity index (χ4v) is 1.55. The summed E-state index contributed by atoms with van der Waals surface area (Å²) >= 11 is 0. The number of nitrogens with zero attached hydrogens (tertiary/aromatic N) is 3. The Bertz CT molecular complexity index is 442. The maximum atomic E-state index is 12.0. The highest BCUT2D eigenvalue weighted by Gasteiger charge is 2.19. The van der Waals surface area contributed by atoms with Crippen LogP contribution in [-0.4, -0.2) is 33.8 Å². The first-order valence-corrected chi connectivity index (χ1v) is 5.41. The summed E-state index contributed by atoms with van der Waals surface area (Å²) in [5.74, 6) is -0.381. The normalized spacial score (nSPS) is 10.1. The van der Waals surface area contributed by atoms with Crippen molar-refractivity contribution in [3.05, 3.63) is 33.5 Å². The van der Waals surface area contributed by atoms with Gasteiger partial charge in [0.2, 0.25) is 0 Å². The van der Waals surface area contributed by atoms with Gasteiger partial charge in [-0.3, -0.25) is 4.79 Å². The van der Waals surface area contributed by atoms with E-state index in [1.807, 2.05) is 13.8 Å². The summed E-state index contributed by atoms with van der Waals surface area (Å²) in [7, 11) is 0. The van der Waals surface area contributed by atoms with Gasteiger partial charge in [0.15, 0.2) is 6.20 Å². The Labute approximate surface area is 99.4 Å². The van der Waals surface area contributed by atoms with Crippen molar-refractivity contribution >= 4 is 11.7 Å². The number of amides is 1. The molecular weight excluding hydrogens is 222 g/mol. The van der Waals surface area contributed by atoms with Crippen molar-refractivity contribution in [2.24, 2.45) is 0 Å². The molecule has 1 rings (SSSR count). The highest BCUT2D eigenvalue weighted by Crippen LogP contribution is 2.15. The summed E-state index contributed by atoms with van der Waals surface area (Å²) in [6.07, 6.45) is 1.27. The molecule has 1 aromatic heterocycles. The number of aromatic nitrogens is 1. The summed E-state index contributed by atoms with van der Waals surface area (Å²) in [6.45, 7) is 6.65. The van der Waals surface area contributed by atoms with E-state index in [1.54, 1.807) is 11.8 Å². The summed E-state index contributed by atoms with van der Waals surface area (Å²) in [4.78, 5) is 27.3. The number of rotatable bonds is 4. The van der Waals surface area contributed by atoms with Crippen LogP contribution in [0.1, 0.15) is 29.8 Å². The molecule has 0 radical (unpaired) electrons. The minimum atomic E-state index is -0.571. The Hall–Kier alpha value is -1.98. The van der Waals surface area contributed by atoms with E-state index in [-0.39, 0.29) is 11.7 Å². The Morgan fingerprint density at radius 1 is 1.47 bits per heavy atom. The Morgan fingerprint density at radius 3 is 2.47 bits per heavy atom. The average Bonchev–Trinajstić information content (AvgIpc) is 2.30. The fourth-order valence-electron chi connectivity index (χ4n) is 1.55. The first kappa shape index (κ1) is 13.1. The molecule has 6 heteroatoms. The van der Waals surface area contributed by atoms with Crippen LogP contribution in [0.5, 0.6) is 0 Å². The Kier molecular flexibility index (Phi) is 4.14. The fraction of sp³-hybridized carbons (Fsp3) is 0.455. The Morgan fingerprint density at radius 2 is 2.06 bits per heavy atom. The van der Waals surface area contributed by atoms with Crippen molar-refractivity contribution in [2.45, 2.75) is 20.8 Å². The number of hydrogen-bond acceptors (Lipinski definition) is 4. The zero-order chi connectivity index (χ0) is 13.0. The van der Waals surface area contributed by atoms with Crippen LogP contribution in [0.25, 0.3) is 0 Å². The molecule has 0 fully saturated rings. The first-order valence-electron chi connectivity index (χ1n) is 5.41. The lowest BCUT2D eigenvalue weighted by Crippen LogP contribution is -2.31. The lowest BCUT2D eigenvalue weighted by Gasteiger charge is -2.18. The molecule has 0 saturated heterocycles. The maximum Gasteiger partial charge on any atom is 0.363 e. The zero-order valence-corrected chi connectivity index (χ0v) is 10.1. The van der Waals surface area contributed by atoms with Crippen molar-refractivity contribution in [3.8, 4) is 0 Å². The molecule has 0 aliphatic rings. The van der Waals surface area contributed by atoms with Gasteiger partial charge in [0, 0.05) is 19.2 Å². The number of hydrogen-bond donors (Lipinski definition) is 0. The van der Waals surface area contributed by atoms with Gasteiger partial charge < -0.3 is 15.0 Å². The minimum absolute atomic E-state index is 0.144. The van der Waals surface area contributed by atoms with E-state index in [1.165, 1.54) is 12.3 Å². The van der Waals surface area contributed by atoms with Crippen LogP contribution >= 0.6 is 0 Å². The van der Waals surface area contributed by atoms with Crippen molar-refractivity contribution in [1.29, 1.82) is 0 Å². The van der Waals surface area contributed by atoms with Gasteiger partial charge in [0.05, 0.1) is 5.56 Å². The quantitative estimate of drug-likeness (QED) is 0.590. The highest BCUT2D eigenvalue weighted by molar-refractivity contribution is 5.95. The van der Waals surface area contributed by atoms with Crippen LogP contribution in [-0.2, 0) is 0 Å². The molecule has 0 aliphatic carbocycles. The topological polar surface area (TPSA) is 76.3 Å². The molecule has 0 saturated carbocycles. The van der Waals surface area contributed by atoms with Gasteiger partial charge in [-0.05, 0) is 36.2 Å². The van der Waals surface area contributed by atoms with Gasteiger partial charge >= 0.3 is 5.82 Å². The van der Waals surface area contributed by atoms with Crippen molar-refractivity contribution in [3.63, 3.8) is 0 Å². The molecular formula is C11H15N3O3. The van der Waals surface area contributed by atoms with E-state index in [4.69, 9.17) is 0 Å². The molecule has 1 amide bonds. The summed E-state index contributed by atoms with van der Waals surface area (Å²) < 4.78 is 0. The van der Waals surface area contributed by atoms with Crippen LogP contribution in [0.15, 0.2) is 12.3 Å². The van der Waals surface area contributed by atoms with Gasteiger partial charge in [-0.1, -0.05) is 0 Å². The molecule has 92 valence electrons. The van der Waals surface area contributed by atoms with Gasteiger partial charge in [0.1, 0.15) is 0 Å². The molecule has 0 atom stereocenters. The maximum absolute atomic E-state index is 12.0. The van der Waals surface area contributed by atoms with Crippen LogP contribution in [0.2, 0.25) is 0 Å². The summed E-state index contributed by atoms with van der Waals surface area (Å²) in [5, 5.41) is 10.5. The van der Waals surface area contributed by atoms with Gasteiger partial charge in [-0.2, -0.15) is 0 Å². The van der Waals surface area contributed by atoms with E-state index in [9.17, 15) is 14.9 Å². The SMILES string of the molecule is CCN(CC)C(=O)c1cnc([N+](=O)[O-])cc1C. The predicted octanol–water partition coefficient (Wildman–Crippen LogP) is 1.78. The molecule has 1 heterocycles. The number of carbonyl (C=O) groups is 1. The van der Waals surface area contributed by atoms with Crippen LogP contribution in [0.4, 0.5) is 5.82 Å². The van der Waals surface area contributed by atoms with Gasteiger partial charge in [-0.25, -0.2) is 0 Å². The molecule has 0 unspecified atom stereocenters. The molecule has 0 aromatic carbocycles.